The van der Waals surface area contributed by atoms with Gasteiger partial charge in [-0.1, -0.05) is 32.2 Å². The lowest BCUT2D eigenvalue weighted by atomic mass is 9.99. The molecule has 0 heterocycles. The highest BCUT2D eigenvalue weighted by atomic mass is 32.2. The Hall–Kier alpha value is -4.30. The zero-order valence-electron chi connectivity index (χ0n) is 21.7. The average Bonchev–Trinajstić information content (AvgIpc) is 3.20. The van der Waals surface area contributed by atoms with Gasteiger partial charge in [0, 0.05) is 21.9 Å². The summed E-state index contributed by atoms with van der Waals surface area (Å²) in [5.74, 6) is 0.296. The Balaban J connectivity index is 1.37. The third-order valence-electron chi connectivity index (χ3n) is 6.07. The molecule has 0 amide bonds. The minimum atomic E-state index is -0.556. The molecular formula is C31H28O7S. The van der Waals surface area contributed by atoms with Crippen LogP contribution in [0.4, 0.5) is 0 Å². The van der Waals surface area contributed by atoms with Gasteiger partial charge < -0.3 is 18.9 Å². The van der Waals surface area contributed by atoms with E-state index in [0.717, 1.165) is 45.2 Å². The van der Waals surface area contributed by atoms with Gasteiger partial charge in [-0.2, -0.15) is 0 Å². The van der Waals surface area contributed by atoms with Crippen LogP contribution in [-0.2, 0) is 19.1 Å². The van der Waals surface area contributed by atoms with Crippen LogP contribution in [0.2, 0.25) is 0 Å². The number of fused-ring (bicyclic) bond motifs is 3. The molecule has 4 rings (SSSR count). The molecule has 3 aromatic carbocycles. The maximum Gasteiger partial charge on any atom is 0.348 e. The van der Waals surface area contributed by atoms with Crippen LogP contribution in [0.1, 0.15) is 41.3 Å². The summed E-state index contributed by atoms with van der Waals surface area (Å²) < 4.78 is 20.8. The molecule has 0 radical (unpaired) electrons. The van der Waals surface area contributed by atoms with E-state index in [2.05, 4.69) is 30.9 Å². The summed E-state index contributed by atoms with van der Waals surface area (Å²) in [6.45, 7) is 10.8. The lowest BCUT2D eigenvalue weighted by molar-refractivity contribution is -0.140. The monoisotopic (exact) mass is 544 g/mol. The van der Waals surface area contributed by atoms with Gasteiger partial charge in [-0.25, -0.2) is 9.59 Å². The molecule has 0 unspecified atom stereocenters. The number of carbonyl (C=O) groups excluding carboxylic acids is 3. The Bertz CT molecular complexity index is 1430. The molecule has 1 aliphatic carbocycles. The van der Waals surface area contributed by atoms with E-state index in [1.807, 2.05) is 30.3 Å². The van der Waals surface area contributed by atoms with Gasteiger partial charge in [0.2, 0.25) is 5.12 Å². The second-order valence-corrected chi connectivity index (χ2v) is 9.89. The van der Waals surface area contributed by atoms with Crippen molar-refractivity contribution in [2.24, 2.45) is 0 Å². The van der Waals surface area contributed by atoms with Gasteiger partial charge in [0.25, 0.3) is 0 Å². The number of hydrogen-bond donors (Lipinski definition) is 0. The maximum atomic E-state index is 12.9. The van der Waals surface area contributed by atoms with Crippen LogP contribution in [0.15, 0.2) is 90.6 Å². The van der Waals surface area contributed by atoms with Crippen LogP contribution < -0.4 is 9.47 Å². The highest BCUT2D eigenvalue weighted by Crippen LogP contribution is 2.47. The molecule has 0 N–H and O–H groups in total. The van der Waals surface area contributed by atoms with Crippen LogP contribution in [-0.4, -0.2) is 36.9 Å². The van der Waals surface area contributed by atoms with Crippen molar-refractivity contribution in [2.45, 2.75) is 24.7 Å². The van der Waals surface area contributed by atoms with Gasteiger partial charge in [0.15, 0.2) is 6.61 Å². The van der Waals surface area contributed by atoms with E-state index >= 15 is 0 Å². The van der Waals surface area contributed by atoms with Crippen molar-refractivity contribution in [2.75, 3.05) is 19.8 Å². The predicted octanol–water partition coefficient (Wildman–Crippen LogP) is 6.31. The first-order chi connectivity index (χ1) is 18.8. The van der Waals surface area contributed by atoms with Crippen molar-refractivity contribution < 1.29 is 33.3 Å². The van der Waals surface area contributed by atoms with Gasteiger partial charge in [-0.05, 0) is 89.5 Å². The van der Waals surface area contributed by atoms with Crippen LogP contribution in [0.25, 0.3) is 11.1 Å². The number of rotatable bonds is 11. The minimum Gasteiger partial charge on any atom is -0.490 e. The van der Waals surface area contributed by atoms with Gasteiger partial charge in [-0.15, -0.1) is 0 Å². The zero-order valence-corrected chi connectivity index (χ0v) is 22.5. The van der Waals surface area contributed by atoms with E-state index in [1.165, 1.54) is 0 Å². The van der Waals surface area contributed by atoms with Crippen LogP contribution in [0.3, 0.4) is 0 Å². The molecule has 0 bridgehead atoms. The molecule has 1 aliphatic rings. The zero-order chi connectivity index (χ0) is 27.9. The standard InChI is InChI=1S/C31H28O7S/c1-5-35-29(32)18-38-22-8-6-21(7-9-22)31(34)39-24-11-13-26-25-12-10-23(16-27(25)20(4)28(26)17-24)36-14-15-37-30(33)19(2)3/h5-13,16-17,20H,1-2,14-15,18H2,3-4H3/t20-/m1/s1. The molecule has 39 heavy (non-hydrogen) atoms. The summed E-state index contributed by atoms with van der Waals surface area (Å²) in [5, 5.41) is -0.0984. The molecule has 7 nitrogen and oxygen atoms in total. The van der Waals surface area contributed by atoms with E-state index in [0.29, 0.717) is 22.6 Å². The highest BCUT2D eigenvalue weighted by Gasteiger charge is 2.26. The molecule has 0 saturated carbocycles. The second kappa shape index (κ2) is 12.5. The molecule has 8 heteroatoms. The number of thioether (sulfide) groups is 1. The largest absolute Gasteiger partial charge is 0.490 e. The molecule has 200 valence electrons. The van der Waals surface area contributed by atoms with Crippen molar-refractivity contribution in [3.63, 3.8) is 0 Å². The Morgan fingerprint density at radius 1 is 0.897 bits per heavy atom. The van der Waals surface area contributed by atoms with Crippen LogP contribution in [0.5, 0.6) is 11.5 Å². The van der Waals surface area contributed by atoms with Crippen molar-refractivity contribution in [1.82, 2.24) is 0 Å². The van der Waals surface area contributed by atoms with Crippen molar-refractivity contribution in [3.05, 3.63) is 102 Å². The Morgan fingerprint density at radius 3 is 2.26 bits per heavy atom. The molecule has 0 aliphatic heterocycles. The fraction of sp³-hybridized carbons (Fsp3) is 0.194. The number of benzene rings is 3. The van der Waals surface area contributed by atoms with Gasteiger partial charge in [0.1, 0.15) is 24.7 Å². The van der Waals surface area contributed by atoms with E-state index < -0.39 is 11.9 Å². The Morgan fingerprint density at radius 2 is 1.56 bits per heavy atom. The summed E-state index contributed by atoms with van der Waals surface area (Å²) in [4.78, 5) is 36.6. The first-order valence-corrected chi connectivity index (χ1v) is 13.1. The number of ether oxygens (including phenoxy) is 4. The quantitative estimate of drug-likeness (QED) is 0.0912. The van der Waals surface area contributed by atoms with Crippen molar-refractivity contribution in [3.8, 4) is 22.6 Å². The van der Waals surface area contributed by atoms with Gasteiger partial charge in [-0.3, -0.25) is 4.79 Å². The lowest BCUT2D eigenvalue weighted by Crippen LogP contribution is -2.12. The molecule has 3 aromatic rings. The summed E-state index contributed by atoms with van der Waals surface area (Å²) in [6.07, 6.45) is 1.05. The fourth-order valence-electron chi connectivity index (χ4n) is 4.15. The summed E-state index contributed by atoms with van der Waals surface area (Å²) in [7, 11) is 0. The summed E-state index contributed by atoms with van der Waals surface area (Å²) in [6, 6.07) is 18.6. The van der Waals surface area contributed by atoms with Gasteiger partial charge in [0.05, 0.1) is 6.26 Å². The normalized spacial score (nSPS) is 13.0. The molecular weight excluding hydrogens is 516 g/mol. The first-order valence-electron chi connectivity index (χ1n) is 12.3. The van der Waals surface area contributed by atoms with Gasteiger partial charge >= 0.3 is 11.9 Å². The maximum absolute atomic E-state index is 12.9. The van der Waals surface area contributed by atoms with Crippen LogP contribution >= 0.6 is 11.8 Å². The molecule has 0 spiro atoms. The second-order valence-electron chi connectivity index (χ2n) is 8.84. The highest BCUT2D eigenvalue weighted by molar-refractivity contribution is 8.14. The summed E-state index contributed by atoms with van der Waals surface area (Å²) in [5.41, 5.74) is 5.43. The van der Waals surface area contributed by atoms with Crippen molar-refractivity contribution >= 4 is 28.8 Å². The first kappa shape index (κ1) is 27.7. The smallest absolute Gasteiger partial charge is 0.348 e. The van der Waals surface area contributed by atoms with E-state index in [4.69, 9.17) is 14.2 Å². The Kier molecular flexibility index (Phi) is 8.88. The third kappa shape index (κ3) is 6.78. The predicted molar refractivity (Wildman–Crippen MR) is 149 cm³/mol. The van der Waals surface area contributed by atoms with E-state index in [1.54, 1.807) is 31.2 Å². The third-order valence-corrected chi connectivity index (χ3v) is 6.99. The van der Waals surface area contributed by atoms with Crippen molar-refractivity contribution in [1.29, 1.82) is 0 Å². The number of esters is 2. The fourth-order valence-corrected chi connectivity index (χ4v) is 4.94. The molecule has 1 atom stereocenters. The number of hydrogen-bond acceptors (Lipinski definition) is 8. The number of carbonyl (C=O) groups is 3. The van der Waals surface area contributed by atoms with E-state index in [-0.39, 0.29) is 30.9 Å². The van der Waals surface area contributed by atoms with E-state index in [9.17, 15) is 14.4 Å². The average molecular weight is 545 g/mol. The topological polar surface area (TPSA) is 88.1 Å². The molecule has 0 saturated heterocycles. The molecule has 0 fully saturated rings. The lowest BCUT2D eigenvalue weighted by Gasteiger charge is -2.11. The minimum absolute atomic E-state index is 0.0984. The summed E-state index contributed by atoms with van der Waals surface area (Å²) >= 11 is 1.16. The molecule has 0 aromatic heterocycles. The SMILES string of the molecule is C=COC(=O)COc1ccc(C(=O)Sc2ccc3c(c2)[C@H](C)c2cc(OCCOC(=O)C(=C)C)ccc2-3)cc1. The Labute approximate surface area is 231 Å². The van der Waals surface area contributed by atoms with Crippen LogP contribution in [0, 0.1) is 0 Å².